The van der Waals surface area contributed by atoms with Crippen molar-refractivity contribution in [2.75, 3.05) is 72.6 Å². The molecule has 43 heavy (non-hydrogen) atoms. The lowest BCUT2D eigenvalue weighted by Gasteiger charge is -2.38. The van der Waals surface area contributed by atoms with Gasteiger partial charge in [-0.25, -0.2) is 0 Å². The van der Waals surface area contributed by atoms with Crippen LogP contribution in [0.5, 0.6) is 23.0 Å². The third-order valence-electron chi connectivity index (χ3n) is 8.22. The van der Waals surface area contributed by atoms with Gasteiger partial charge in [-0.3, -0.25) is 9.59 Å². The van der Waals surface area contributed by atoms with E-state index in [4.69, 9.17) is 42.1 Å². The Kier molecular flexibility index (Phi) is 9.42. The third-order valence-corrected chi connectivity index (χ3v) is 8.77. The fraction of sp³-hybridized carbons (Fsp3) is 0.375. The van der Waals surface area contributed by atoms with E-state index in [9.17, 15) is 9.59 Å². The lowest BCUT2D eigenvalue weighted by Crippen LogP contribution is -2.51. The van der Waals surface area contributed by atoms with Crippen LogP contribution in [0.15, 0.2) is 54.6 Å². The lowest BCUT2D eigenvalue weighted by molar-refractivity contribution is -0.135. The number of hydrogen-bond donors (Lipinski definition) is 0. The van der Waals surface area contributed by atoms with Crippen LogP contribution in [-0.4, -0.2) is 89.3 Å². The van der Waals surface area contributed by atoms with Gasteiger partial charge in [-0.2, -0.15) is 0 Å². The molecule has 11 heteroatoms. The molecule has 2 amide bonds. The van der Waals surface area contributed by atoms with Crippen LogP contribution in [0.2, 0.25) is 10.0 Å². The fourth-order valence-electron chi connectivity index (χ4n) is 6.00. The number of ether oxygens (including phenoxy) is 4. The van der Waals surface area contributed by atoms with Gasteiger partial charge in [-0.1, -0.05) is 35.3 Å². The molecule has 2 saturated heterocycles. The van der Waals surface area contributed by atoms with Crippen LogP contribution in [0.1, 0.15) is 21.8 Å². The van der Waals surface area contributed by atoms with Gasteiger partial charge in [0.25, 0.3) is 5.91 Å². The Balaban J connectivity index is 1.43. The average Bonchev–Trinajstić information content (AvgIpc) is 3.49. The topological polar surface area (TPSA) is 80.8 Å². The SMILES string of the molecule is COc1ccccc1N1CCN(C(=O)[C@H]2CN(C(=O)c3ccc(Cl)cc3Cl)C[C@H]2c2cc(OC)c(OC)c(OC)c2)CC1. The van der Waals surface area contributed by atoms with E-state index in [-0.39, 0.29) is 29.3 Å². The van der Waals surface area contributed by atoms with Crippen molar-refractivity contribution in [2.24, 2.45) is 5.92 Å². The van der Waals surface area contributed by atoms with E-state index in [1.165, 1.54) is 0 Å². The first-order valence-electron chi connectivity index (χ1n) is 14.0. The van der Waals surface area contributed by atoms with Crippen LogP contribution < -0.4 is 23.8 Å². The van der Waals surface area contributed by atoms with Gasteiger partial charge in [0, 0.05) is 50.2 Å². The maximum atomic E-state index is 14.2. The molecule has 2 fully saturated rings. The van der Waals surface area contributed by atoms with Crippen molar-refractivity contribution >= 4 is 40.7 Å². The van der Waals surface area contributed by atoms with E-state index in [2.05, 4.69) is 4.90 Å². The molecule has 5 rings (SSSR count). The Morgan fingerprint density at radius 1 is 0.744 bits per heavy atom. The molecule has 228 valence electrons. The number of benzene rings is 3. The summed E-state index contributed by atoms with van der Waals surface area (Å²) in [7, 11) is 6.31. The smallest absolute Gasteiger partial charge is 0.255 e. The summed E-state index contributed by atoms with van der Waals surface area (Å²) >= 11 is 12.5. The zero-order valence-electron chi connectivity index (χ0n) is 24.6. The van der Waals surface area contributed by atoms with Gasteiger partial charge < -0.3 is 33.6 Å². The Bertz CT molecular complexity index is 1470. The molecule has 9 nitrogen and oxygen atoms in total. The number of carbonyl (C=O) groups is 2. The first-order chi connectivity index (χ1) is 20.8. The molecular weight excluding hydrogens is 593 g/mol. The molecule has 3 aromatic carbocycles. The first kappa shape index (κ1) is 30.6. The molecule has 0 saturated carbocycles. The molecule has 0 N–H and O–H groups in total. The van der Waals surface area contributed by atoms with Gasteiger partial charge in [0.15, 0.2) is 11.5 Å². The van der Waals surface area contributed by atoms with Crippen molar-refractivity contribution in [2.45, 2.75) is 5.92 Å². The highest BCUT2D eigenvalue weighted by Crippen LogP contribution is 2.44. The highest BCUT2D eigenvalue weighted by Gasteiger charge is 2.43. The minimum Gasteiger partial charge on any atom is -0.495 e. The molecule has 2 aliphatic rings. The maximum Gasteiger partial charge on any atom is 0.255 e. The average molecular weight is 629 g/mol. The minimum absolute atomic E-state index is 0.00377. The van der Waals surface area contributed by atoms with Gasteiger partial charge in [0.2, 0.25) is 11.7 Å². The number of amides is 2. The van der Waals surface area contributed by atoms with Crippen molar-refractivity contribution in [3.05, 3.63) is 75.8 Å². The van der Waals surface area contributed by atoms with Crippen molar-refractivity contribution in [1.82, 2.24) is 9.80 Å². The highest BCUT2D eigenvalue weighted by molar-refractivity contribution is 6.36. The summed E-state index contributed by atoms with van der Waals surface area (Å²) in [6, 6.07) is 16.4. The van der Waals surface area contributed by atoms with Gasteiger partial charge >= 0.3 is 0 Å². The lowest BCUT2D eigenvalue weighted by atomic mass is 9.87. The molecule has 2 heterocycles. The molecule has 2 aliphatic heterocycles. The summed E-state index contributed by atoms with van der Waals surface area (Å²) in [6.07, 6.45) is 0. The molecule has 0 aromatic heterocycles. The molecule has 0 aliphatic carbocycles. The van der Waals surface area contributed by atoms with Crippen molar-refractivity contribution in [3.8, 4) is 23.0 Å². The minimum atomic E-state index is -0.490. The summed E-state index contributed by atoms with van der Waals surface area (Å²) in [4.78, 5) is 33.7. The number of para-hydroxylation sites is 2. The van der Waals surface area contributed by atoms with E-state index in [1.807, 2.05) is 41.3 Å². The Morgan fingerprint density at radius 2 is 1.40 bits per heavy atom. The highest BCUT2D eigenvalue weighted by atomic mass is 35.5. The van der Waals surface area contributed by atoms with Crippen LogP contribution >= 0.6 is 23.2 Å². The van der Waals surface area contributed by atoms with Crippen LogP contribution in [0.25, 0.3) is 0 Å². The Labute approximate surface area is 261 Å². The summed E-state index contributed by atoms with van der Waals surface area (Å²) < 4.78 is 22.3. The second kappa shape index (κ2) is 13.2. The van der Waals surface area contributed by atoms with E-state index in [0.717, 1.165) is 17.0 Å². The molecular formula is C32H35Cl2N3O6. The van der Waals surface area contributed by atoms with Gasteiger partial charge in [-0.15, -0.1) is 0 Å². The molecule has 0 radical (unpaired) electrons. The second-order valence-electron chi connectivity index (χ2n) is 10.5. The Morgan fingerprint density at radius 3 is 2.00 bits per heavy atom. The number of rotatable bonds is 8. The third kappa shape index (κ3) is 6.15. The van der Waals surface area contributed by atoms with Crippen LogP contribution in [0.4, 0.5) is 5.69 Å². The normalized spacial score (nSPS) is 18.4. The van der Waals surface area contributed by atoms with E-state index < -0.39 is 5.92 Å². The maximum absolute atomic E-state index is 14.2. The monoisotopic (exact) mass is 627 g/mol. The van der Waals surface area contributed by atoms with Crippen molar-refractivity contribution < 1.29 is 28.5 Å². The van der Waals surface area contributed by atoms with Crippen LogP contribution in [-0.2, 0) is 4.79 Å². The Hall–Kier alpha value is -3.82. The van der Waals surface area contributed by atoms with Crippen molar-refractivity contribution in [3.63, 3.8) is 0 Å². The fourth-order valence-corrected chi connectivity index (χ4v) is 6.49. The number of piperazine rings is 1. The van der Waals surface area contributed by atoms with E-state index in [0.29, 0.717) is 60.6 Å². The molecule has 2 atom stereocenters. The second-order valence-corrected chi connectivity index (χ2v) is 11.3. The molecule has 0 bridgehead atoms. The summed E-state index contributed by atoms with van der Waals surface area (Å²) in [5.41, 5.74) is 2.16. The predicted octanol–water partition coefficient (Wildman–Crippen LogP) is 5.23. The zero-order chi connectivity index (χ0) is 30.7. The van der Waals surface area contributed by atoms with Gasteiger partial charge in [-0.05, 0) is 48.0 Å². The number of anilines is 1. The summed E-state index contributed by atoms with van der Waals surface area (Å²) in [5.74, 6) is 1.17. The number of hydrogen-bond acceptors (Lipinski definition) is 7. The molecule has 0 spiro atoms. The molecule has 0 unspecified atom stereocenters. The number of likely N-dealkylation sites (tertiary alicyclic amines) is 1. The molecule has 3 aromatic rings. The first-order valence-corrected chi connectivity index (χ1v) is 14.8. The van der Waals surface area contributed by atoms with Gasteiger partial charge in [0.1, 0.15) is 5.75 Å². The number of carbonyl (C=O) groups excluding carboxylic acids is 2. The zero-order valence-corrected chi connectivity index (χ0v) is 26.2. The standard InChI is InChI=1S/C32H35Cl2N3O6/c1-40-27-8-6-5-7-26(27)35-11-13-36(14-12-35)32(39)24-19-37(31(38)22-10-9-21(33)17-25(22)34)18-23(24)20-15-28(41-2)30(43-4)29(16-20)42-3/h5-10,15-17,23-24H,11-14,18-19H2,1-4H3/t23-,24-/m0/s1. The largest absolute Gasteiger partial charge is 0.495 e. The van der Waals surface area contributed by atoms with E-state index >= 15 is 0 Å². The van der Waals surface area contributed by atoms with Crippen molar-refractivity contribution in [1.29, 1.82) is 0 Å². The quantitative estimate of drug-likeness (QED) is 0.338. The number of halogens is 2. The van der Waals surface area contributed by atoms with E-state index in [1.54, 1.807) is 51.5 Å². The number of methoxy groups -OCH3 is 4. The summed E-state index contributed by atoms with van der Waals surface area (Å²) in [5, 5.41) is 0.711. The van der Waals surface area contributed by atoms with Gasteiger partial charge in [0.05, 0.1) is 50.6 Å². The van der Waals surface area contributed by atoms with Crippen LogP contribution in [0, 0.1) is 5.92 Å². The predicted molar refractivity (Wildman–Crippen MR) is 166 cm³/mol. The summed E-state index contributed by atoms with van der Waals surface area (Å²) in [6.45, 7) is 2.98. The van der Waals surface area contributed by atoms with Crippen LogP contribution in [0.3, 0.4) is 0 Å². The number of nitrogens with zero attached hydrogens (tertiary/aromatic N) is 3.